The van der Waals surface area contributed by atoms with Crippen LogP contribution in [-0.4, -0.2) is 29.9 Å². The van der Waals surface area contributed by atoms with E-state index in [2.05, 4.69) is 17.0 Å². The van der Waals surface area contributed by atoms with E-state index in [1.54, 1.807) is 37.7 Å². The molecule has 1 N–H and O–H groups in total. The Morgan fingerprint density at radius 3 is 1.97 bits per heavy atom. The molecule has 0 aliphatic carbocycles. The van der Waals surface area contributed by atoms with Gasteiger partial charge in [0.05, 0.1) is 14.2 Å². The summed E-state index contributed by atoms with van der Waals surface area (Å²) in [5, 5.41) is 19.2. The molecule has 0 atom stereocenters. The SMILES string of the molecule is COc1ccc(N(c2ccc(OC)cc2)c2ccc(/C=C/c3ccc(/C=C(\C#N)C(=O)O)n3C)s2)cc1. The molecule has 8 heteroatoms. The largest absolute Gasteiger partial charge is 0.497 e. The summed E-state index contributed by atoms with van der Waals surface area (Å²) in [4.78, 5) is 14.4. The molecule has 0 aliphatic rings. The molecule has 2 aromatic carbocycles. The fourth-order valence-electron chi connectivity index (χ4n) is 3.73. The summed E-state index contributed by atoms with van der Waals surface area (Å²) in [6, 6.07) is 25.3. The minimum Gasteiger partial charge on any atom is -0.497 e. The summed E-state index contributed by atoms with van der Waals surface area (Å²) in [5.74, 6) is 0.329. The lowest BCUT2D eigenvalue weighted by molar-refractivity contribution is -0.132. The predicted octanol–water partition coefficient (Wildman–Crippen LogP) is 6.74. The Labute approximate surface area is 219 Å². The first-order valence-corrected chi connectivity index (χ1v) is 12.1. The van der Waals surface area contributed by atoms with E-state index in [1.165, 1.54) is 6.08 Å². The van der Waals surface area contributed by atoms with Crippen molar-refractivity contribution in [3.8, 4) is 17.6 Å². The molecule has 0 radical (unpaired) electrons. The Hall–Kier alpha value is -4.74. The summed E-state index contributed by atoms with van der Waals surface area (Å²) in [6.45, 7) is 0. The summed E-state index contributed by atoms with van der Waals surface area (Å²) in [6.07, 6.45) is 5.34. The maximum absolute atomic E-state index is 11.2. The molecule has 0 spiro atoms. The molecule has 0 fully saturated rings. The lowest BCUT2D eigenvalue weighted by Crippen LogP contribution is -2.08. The Balaban J connectivity index is 1.64. The number of rotatable bonds is 9. The normalized spacial score (nSPS) is 11.4. The van der Waals surface area contributed by atoms with Crippen molar-refractivity contribution < 1.29 is 19.4 Å². The number of nitrogens with zero attached hydrogens (tertiary/aromatic N) is 3. The summed E-state index contributed by atoms with van der Waals surface area (Å²) in [7, 11) is 5.13. The van der Waals surface area contributed by atoms with Crippen molar-refractivity contribution in [1.29, 1.82) is 5.26 Å². The lowest BCUT2D eigenvalue weighted by atomic mass is 10.2. The van der Waals surface area contributed by atoms with Crippen LogP contribution in [0.25, 0.3) is 18.2 Å². The molecule has 0 bridgehead atoms. The predicted molar refractivity (Wildman–Crippen MR) is 148 cm³/mol. The van der Waals surface area contributed by atoms with Gasteiger partial charge in [-0.3, -0.25) is 0 Å². The number of nitriles is 1. The molecule has 4 rings (SSSR count). The number of thiophene rings is 1. The highest BCUT2D eigenvalue weighted by atomic mass is 32.1. The Morgan fingerprint density at radius 1 is 0.892 bits per heavy atom. The highest BCUT2D eigenvalue weighted by Gasteiger charge is 2.15. The Morgan fingerprint density at radius 2 is 1.46 bits per heavy atom. The number of hydrogen-bond donors (Lipinski definition) is 1. The van der Waals surface area contributed by atoms with Crippen molar-refractivity contribution in [2.45, 2.75) is 0 Å². The van der Waals surface area contributed by atoms with Crippen LogP contribution in [0, 0.1) is 11.3 Å². The quantitative estimate of drug-likeness (QED) is 0.198. The Kier molecular flexibility index (Phi) is 7.77. The molecule has 0 aliphatic heterocycles. The second kappa shape index (κ2) is 11.3. The van der Waals surface area contributed by atoms with Gasteiger partial charge in [0.25, 0.3) is 0 Å². The smallest absolute Gasteiger partial charge is 0.346 e. The second-order valence-corrected chi connectivity index (χ2v) is 9.05. The van der Waals surface area contributed by atoms with Gasteiger partial charge >= 0.3 is 5.97 Å². The van der Waals surface area contributed by atoms with Crippen LogP contribution >= 0.6 is 11.3 Å². The Bertz CT molecular complexity index is 1440. The zero-order valence-electron chi connectivity index (χ0n) is 20.6. The molecule has 0 unspecified atom stereocenters. The van der Waals surface area contributed by atoms with Crippen LogP contribution in [0.2, 0.25) is 0 Å². The van der Waals surface area contributed by atoms with E-state index < -0.39 is 5.97 Å². The first kappa shape index (κ1) is 25.4. The highest BCUT2D eigenvalue weighted by Crippen LogP contribution is 2.40. The van der Waals surface area contributed by atoms with Crippen LogP contribution < -0.4 is 14.4 Å². The number of aromatic nitrogens is 1. The fraction of sp³-hybridized carbons (Fsp3) is 0.103. The summed E-state index contributed by atoms with van der Waals surface area (Å²) >= 11 is 1.64. The fourth-order valence-corrected chi connectivity index (χ4v) is 4.68. The van der Waals surface area contributed by atoms with Crippen molar-refractivity contribution in [3.63, 3.8) is 0 Å². The van der Waals surface area contributed by atoms with Crippen LogP contribution in [-0.2, 0) is 11.8 Å². The number of aliphatic carboxylic acids is 1. The third-order valence-corrected chi connectivity index (χ3v) is 6.79. The maximum atomic E-state index is 11.2. The van der Waals surface area contributed by atoms with Gasteiger partial charge in [-0.05, 0) is 91.0 Å². The van der Waals surface area contributed by atoms with Gasteiger partial charge in [-0.2, -0.15) is 5.26 Å². The number of benzene rings is 2. The van der Waals surface area contributed by atoms with E-state index >= 15 is 0 Å². The van der Waals surface area contributed by atoms with Crippen LogP contribution in [0.4, 0.5) is 16.4 Å². The van der Waals surface area contributed by atoms with Gasteiger partial charge in [-0.25, -0.2) is 4.79 Å². The molecule has 0 amide bonds. The number of carboxylic acids is 1. The average Bonchev–Trinajstić information content (AvgIpc) is 3.53. The molecule has 2 heterocycles. The standard InChI is InChI=1S/C29H25N3O4S/c1-31-21(4-5-24(31)18-20(19-30)29(33)34)10-15-27-16-17-28(37-27)32(22-6-11-25(35-2)12-7-22)23-8-13-26(36-3)14-9-23/h4-18H,1-3H3,(H,33,34)/b15-10+,20-18+. The lowest BCUT2D eigenvalue weighted by Gasteiger charge is -2.24. The molecule has 0 saturated carbocycles. The van der Waals surface area contributed by atoms with Crippen LogP contribution in [0.5, 0.6) is 11.5 Å². The monoisotopic (exact) mass is 511 g/mol. The van der Waals surface area contributed by atoms with Crippen molar-refractivity contribution in [3.05, 3.63) is 94.6 Å². The minimum absolute atomic E-state index is 0.309. The topological polar surface area (TPSA) is 87.7 Å². The first-order valence-electron chi connectivity index (χ1n) is 11.3. The molecule has 7 nitrogen and oxygen atoms in total. The summed E-state index contributed by atoms with van der Waals surface area (Å²) in [5.41, 5.74) is 3.20. The highest BCUT2D eigenvalue weighted by molar-refractivity contribution is 7.17. The van der Waals surface area contributed by atoms with Crippen LogP contribution in [0.3, 0.4) is 0 Å². The van der Waals surface area contributed by atoms with Crippen LogP contribution in [0.1, 0.15) is 16.3 Å². The van der Waals surface area contributed by atoms with Crippen molar-refractivity contribution in [2.24, 2.45) is 7.05 Å². The van der Waals surface area contributed by atoms with Gasteiger partial charge in [-0.1, -0.05) is 0 Å². The number of anilines is 3. The van der Waals surface area contributed by atoms with Crippen LogP contribution in [0.15, 0.2) is 78.4 Å². The molecular formula is C29H25N3O4S. The van der Waals surface area contributed by atoms with Gasteiger partial charge in [-0.15, -0.1) is 11.3 Å². The molecular weight excluding hydrogens is 486 g/mol. The van der Waals surface area contributed by atoms with E-state index in [0.29, 0.717) is 5.69 Å². The van der Waals surface area contributed by atoms with Crippen molar-refractivity contribution >= 4 is 51.9 Å². The number of ether oxygens (including phenoxy) is 2. The summed E-state index contributed by atoms with van der Waals surface area (Å²) < 4.78 is 12.5. The van der Waals surface area contributed by atoms with E-state index in [0.717, 1.165) is 38.4 Å². The average molecular weight is 512 g/mol. The zero-order valence-corrected chi connectivity index (χ0v) is 21.4. The molecule has 2 aromatic heterocycles. The number of methoxy groups -OCH3 is 2. The third kappa shape index (κ3) is 5.74. The zero-order chi connectivity index (χ0) is 26.4. The maximum Gasteiger partial charge on any atom is 0.346 e. The second-order valence-electron chi connectivity index (χ2n) is 7.96. The first-order chi connectivity index (χ1) is 17.9. The molecule has 0 saturated heterocycles. The van der Waals surface area contributed by atoms with E-state index in [4.69, 9.17) is 19.8 Å². The van der Waals surface area contributed by atoms with E-state index in [1.807, 2.05) is 78.4 Å². The van der Waals surface area contributed by atoms with Gasteiger partial charge in [0.2, 0.25) is 0 Å². The van der Waals surface area contributed by atoms with E-state index in [9.17, 15) is 4.79 Å². The molecule has 37 heavy (non-hydrogen) atoms. The molecule has 4 aromatic rings. The van der Waals surface area contributed by atoms with Gasteiger partial charge in [0.15, 0.2) is 0 Å². The van der Waals surface area contributed by atoms with Gasteiger partial charge < -0.3 is 24.0 Å². The third-order valence-electron chi connectivity index (χ3n) is 5.76. The molecule has 186 valence electrons. The van der Waals surface area contributed by atoms with Crippen molar-refractivity contribution in [2.75, 3.05) is 19.1 Å². The minimum atomic E-state index is -1.25. The van der Waals surface area contributed by atoms with Gasteiger partial charge in [0, 0.05) is 34.7 Å². The van der Waals surface area contributed by atoms with Gasteiger partial charge in [0.1, 0.15) is 28.1 Å². The van der Waals surface area contributed by atoms with Crippen molar-refractivity contribution in [1.82, 2.24) is 4.57 Å². The number of carboxylic acid groups (broad SMARTS) is 1. The number of carbonyl (C=O) groups is 1. The van der Waals surface area contributed by atoms with E-state index in [-0.39, 0.29) is 5.57 Å². The number of hydrogen-bond acceptors (Lipinski definition) is 6.